The second-order valence-electron chi connectivity index (χ2n) is 3.59. The van der Waals surface area contributed by atoms with Crippen LogP contribution in [0.5, 0.6) is 0 Å². The first kappa shape index (κ1) is 9.87. The van der Waals surface area contributed by atoms with Crippen LogP contribution in [0.4, 0.5) is 0 Å². The van der Waals surface area contributed by atoms with E-state index in [-0.39, 0.29) is 0 Å². The fourth-order valence-corrected chi connectivity index (χ4v) is 1.66. The first-order valence-electron chi connectivity index (χ1n) is 4.90. The number of benzene rings is 2. The molecule has 0 aliphatic rings. The van der Waals surface area contributed by atoms with E-state index in [1.807, 2.05) is 42.5 Å². The Morgan fingerprint density at radius 2 is 1.87 bits per heavy atom. The van der Waals surface area contributed by atoms with Gasteiger partial charge in [0, 0.05) is 6.42 Å². The highest BCUT2D eigenvalue weighted by Gasteiger charge is 2.03. The highest BCUT2D eigenvalue weighted by Crippen LogP contribution is 2.16. The third kappa shape index (κ3) is 2.22. The summed E-state index contributed by atoms with van der Waals surface area (Å²) in [6, 6.07) is 14.0. The van der Waals surface area contributed by atoms with Crippen LogP contribution in [0.3, 0.4) is 0 Å². The van der Waals surface area contributed by atoms with Gasteiger partial charge < -0.3 is 9.90 Å². The molecular formula is C13H12O2. The molecule has 0 unspecified atom stereocenters. The van der Waals surface area contributed by atoms with E-state index in [2.05, 4.69) is 0 Å². The van der Waals surface area contributed by atoms with Crippen LogP contribution in [0.25, 0.3) is 10.8 Å². The third-order valence-electron chi connectivity index (χ3n) is 2.42. The predicted molar refractivity (Wildman–Crippen MR) is 59.7 cm³/mol. The lowest BCUT2D eigenvalue weighted by Crippen LogP contribution is -2.11. The molecule has 2 aromatic carbocycles. The van der Waals surface area contributed by atoms with Crippen molar-refractivity contribution >= 4 is 17.1 Å². The first-order chi connectivity index (χ1) is 7.29. The molecule has 0 heterocycles. The number of hydrogen-bond donors (Lipinski definition) is 1. The zero-order valence-corrected chi connectivity index (χ0v) is 8.26. The average Bonchev–Trinajstić information content (AvgIpc) is 2.29. The molecule has 0 saturated heterocycles. The lowest BCUT2D eigenvalue weighted by molar-refractivity contribution is -0.114. The Morgan fingerprint density at radius 3 is 2.60 bits per heavy atom. The second kappa shape index (κ2) is 4.24. The third-order valence-corrected chi connectivity index (χ3v) is 2.42. The summed E-state index contributed by atoms with van der Waals surface area (Å²) in [6.07, 6.45) is 0.0509. The summed E-state index contributed by atoms with van der Waals surface area (Å²) in [7, 11) is 0. The molecule has 2 rings (SSSR count). The van der Waals surface area contributed by atoms with Gasteiger partial charge in [-0.25, -0.2) is 0 Å². The van der Waals surface area contributed by atoms with Crippen LogP contribution in [0.15, 0.2) is 42.5 Å². The summed E-state index contributed by atoms with van der Waals surface area (Å²) >= 11 is 0. The average molecular weight is 200 g/mol. The van der Waals surface area contributed by atoms with Gasteiger partial charge in [0.2, 0.25) is 0 Å². The molecule has 2 heteroatoms. The Balaban J connectivity index is 2.34. The molecule has 0 bridgehead atoms. The maximum Gasteiger partial charge on any atom is 0.148 e. The van der Waals surface area contributed by atoms with E-state index in [9.17, 15) is 9.90 Å². The molecular weight excluding hydrogens is 188 g/mol. The van der Waals surface area contributed by atoms with Gasteiger partial charge in [0.1, 0.15) is 12.4 Å². The number of carbonyl (C=O) groups is 1. The van der Waals surface area contributed by atoms with Crippen LogP contribution in [0, 0.1) is 0 Å². The number of aliphatic hydroxyl groups is 1. The van der Waals surface area contributed by atoms with Crippen LogP contribution in [-0.2, 0) is 11.2 Å². The minimum absolute atomic E-state index is 0.383. The molecule has 0 saturated carbocycles. The fraction of sp³-hybridized carbons (Fsp3) is 0.154. The lowest BCUT2D eigenvalue weighted by atomic mass is 10.0. The van der Waals surface area contributed by atoms with Gasteiger partial charge in [-0.1, -0.05) is 42.5 Å². The summed E-state index contributed by atoms with van der Waals surface area (Å²) in [6.45, 7) is 0. The maximum atomic E-state index is 10.3. The van der Waals surface area contributed by atoms with Crippen LogP contribution >= 0.6 is 0 Å². The summed E-state index contributed by atoms with van der Waals surface area (Å²) in [5, 5.41) is 11.5. The predicted octanol–water partition coefficient (Wildman–Crippen LogP) is 1.94. The summed E-state index contributed by atoms with van der Waals surface area (Å²) in [4.78, 5) is 10.3. The Labute approximate surface area is 88.2 Å². The van der Waals surface area contributed by atoms with E-state index in [0.29, 0.717) is 12.7 Å². The zero-order valence-electron chi connectivity index (χ0n) is 8.26. The van der Waals surface area contributed by atoms with Crippen LogP contribution in [0.2, 0.25) is 0 Å². The largest absolute Gasteiger partial charge is 0.385 e. The fourth-order valence-electron chi connectivity index (χ4n) is 1.66. The minimum atomic E-state index is -0.897. The highest BCUT2D eigenvalue weighted by atomic mass is 16.3. The monoisotopic (exact) mass is 200 g/mol. The van der Waals surface area contributed by atoms with Crippen molar-refractivity contribution in [3.8, 4) is 0 Å². The van der Waals surface area contributed by atoms with Crippen molar-refractivity contribution in [3.05, 3.63) is 48.0 Å². The van der Waals surface area contributed by atoms with Crippen LogP contribution in [-0.4, -0.2) is 17.5 Å². The molecule has 2 nitrogen and oxygen atoms in total. The lowest BCUT2D eigenvalue weighted by Gasteiger charge is -2.04. The van der Waals surface area contributed by atoms with Gasteiger partial charge in [0.15, 0.2) is 0 Å². The van der Waals surface area contributed by atoms with Gasteiger partial charge in [-0.3, -0.25) is 0 Å². The van der Waals surface area contributed by atoms with Crippen molar-refractivity contribution in [1.82, 2.24) is 0 Å². The van der Waals surface area contributed by atoms with Crippen molar-refractivity contribution in [3.63, 3.8) is 0 Å². The quantitative estimate of drug-likeness (QED) is 0.769. The zero-order chi connectivity index (χ0) is 10.7. The summed E-state index contributed by atoms with van der Waals surface area (Å²) in [5.41, 5.74) is 0.980. The number of aliphatic hydroxyl groups excluding tert-OH is 1. The minimum Gasteiger partial charge on any atom is -0.385 e. The standard InChI is InChI=1S/C13H12O2/c14-9-13(15)8-10-5-6-11-3-1-2-4-12(11)7-10/h1-7,9,13,15H,8H2/t13-/m0/s1. The van der Waals surface area contributed by atoms with Gasteiger partial charge in [0.05, 0.1) is 0 Å². The molecule has 0 aliphatic heterocycles. The molecule has 1 atom stereocenters. The number of fused-ring (bicyclic) bond motifs is 1. The van der Waals surface area contributed by atoms with Crippen molar-refractivity contribution < 1.29 is 9.90 Å². The second-order valence-corrected chi connectivity index (χ2v) is 3.59. The van der Waals surface area contributed by atoms with E-state index in [1.54, 1.807) is 0 Å². The van der Waals surface area contributed by atoms with E-state index in [4.69, 9.17) is 0 Å². The van der Waals surface area contributed by atoms with Crippen LogP contribution < -0.4 is 0 Å². The molecule has 0 radical (unpaired) electrons. The smallest absolute Gasteiger partial charge is 0.148 e. The number of rotatable bonds is 3. The molecule has 0 spiro atoms. The van der Waals surface area contributed by atoms with E-state index >= 15 is 0 Å². The molecule has 0 amide bonds. The molecule has 0 fully saturated rings. The topological polar surface area (TPSA) is 37.3 Å². The molecule has 0 aliphatic carbocycles. The number of hydrogen-bond acceptors (Lipinski definition) is 2. The van der Waals surface area contributed by atoms with Crippen molar-refractivity contribution in [2.75, 3.05) is 0 Å². The van der Waals surface area contributed by atoms with E-state index in [1.165, 1.54) is 5.39 Å². The summed E-state index contributed by atoms with van der Waals surface area (Å²) in [5.74, 6) is 0. The van der Waals surface area contributed by atoms with Crippen molar-refractivity contribution in [1.29, 1.82) is 0 Å². The molecule has 15 heavy (non-hydrogen) atoms. The van der Waals surface area contributed by atoms with Gasteiger partial charge in [-0.05, 0) is 16.3 Å². The molecule has 1 N–H and O–H groups in total. The number of carbonyl (C=O) groups excluding carboxylic acids is 1. The van der Waals surface area contributed by atoms with Gasteiger partial charge in [-0.15, -0.1) is 0 Å². The van der Waals surface area contributed by atoms with E-state index < -0.39 is 6.10 Å². The SMILES string of the molecule is O=C[C@@H](O)Cc1ccc2ccccc2c1. The highest BCUT2D eigenvalue weighted by molar-refractivity contribution is 5.83. The van der Waals surface area contributed by atoms with Crippen molar-refractivity contribution in [2.24, 2.45) is 0 Å². The van der Waals surface area contributed by atoms with Gasteiger partial charge in [0.25, 0.3) is 0 Å². The molecule has 76 valence electrons. The van der Waals surface area contributed by atoms with Gasteiger partial charge in [-0.2, -0.15) is 0 Å². The molecule has 2 aromatic rings. The maximum absolute atomic E-state index is 10.3. The Hall–Kier alpha value is -1.67. The normalized spacial score (nSPS) is 12.6. The van der Waals surface area contributed by atoms with Crippen LogP contribution in [0.1, 0.15) is 5.56 Å². The Bertz CT molecular complexity index is 477. The summed E-state index contributed by atoms with van der Waals surface area (Å²) < 4.78 is 0. The Morgan fingerprint density at radius 1 is 1.13 bits per heavy atom. The van der Waals surface area contributed by atoms with E-state index in [0.717, 1.165) is 10.9 Å². The first-order valence-corrected chi connectivity index (χ1v) is 4.90. The van der Waals surface area contributed by atoms with Gasteiger partial charge >= 0.3 is 0 Å². The molecule has 0 aromatic heterocycles. The Kier molecular flexibility index (Phi) is 2.79. The number of aldehydes is 1. The van der Waals surface area contributed by atoms with Crippen molar-refractivity contribution in [2.45, 2.75) is 12.5 Å².